The molecule has 3 N–H and O–H groups in total. The molecule has 2 aliphatic heterocycles. The highest BCUT2D eigenvalue weighted by atomic mass is 16.2. The Morgan fingerprint density at radius 2 is 1.92 bits per heavy atom. The number of piperazine rings is 1. The van der Waals surface area contributed by atoms with Crippen LogP contribution in [-0.4, -0.2) is 65.1 Å². The van der Waals surface area contributed by atoms with Crippen molar-refractivity contribution < 1.29 is 19.2 Å². The van der Waals surface area contributed by atoms with Gasteiger partial charge in [0.05, 0.1) is 6.04 Å². The second kappa shape index (κ2) is 7.65. The van der Waals surface area contributed by atoms with Gasteiger partial charge >= 0.3 is 11.8 Å². The van der Waals surface area contributed by atoms with Crippen LogP contribution in [0.5, 0.6) is 0 Å². The van der Waals surface area contributed by atoms with E-state index >= 15 is 0 Å². The molecule has 0 radical (unpaired) electrons. The Kier molecular flexibility index (Phi) is 5.32. The molecule has 1 aromatic rings. The second-order valence-electron chi connectivity index (χ2n) is 6.54. The highest BCUT2D eigenvalue weighted by molar-refractivity contribution is 6.38. The summed E-state index contributed by atoms with van der Waals surface area (Å²) in [5.74, 6) is -2.46. The van der Waals surface area contributed by atoms with Crippen LogP contribution < -0.4 is 11.1 Å². The molecule has 4 amide bonds. The standard InChI is InChI=1S/C18H22N4O4/c19-13(11-12-5-2-1-3-6-12)16(24)21-9-4-7-14(21)17(25)22-10-8-20-15(23)18(22)26/h1-3,5-6,13-14H,4,7-11,19H2,(H,20,23). The molecule has 0 bridgehead atoms. The smallest absolute Gasteiger partial charge is 0.318 e. The molecular weight excluding hydrogens is 336 g/mol. The monoisotopic (exact) mass is 358 g/mol. The van der Waals surface area contributed by atoms with Crippen LogP contribution in [-0.2, 0) is 25.6 Å². The van der Waals surface area contributed by atoms with Crippen LogP contribution in [0, 0.1) is 0 Å². The zero-order chi connectivity index (χ0) is 18.7. The maximum atomic E-state index is 12.8. The Morgan fingerprint density at radius 1 is 1.19 bits per heavy atom. The number of nitrogens with two attached hydrogens (primary N) is 1. The first kappa shape index (κ1) is 18.1. The number of imide groups is 1. The summed E-state index contributed by atoms with van der Waals surface area (Å²) in [6.45, 7) is 0.772. The van der Waals surface area contributed by atoms with Crippen molar-refractivity contribution in [2.75, 3.05) is 19.6 Å². The van der Waals surface area contributed by atoms with Gasteiger partial charge in [-0.1, -0.05) is 30.3 Å². The zero-order valence-corrected chi connectivity index (χ0v) is 14.4. The SMILES string of the molecule is NC(Cc1ccccc1)C(=O)N1CCCC1C(=O)N1CCNC(=O)C1=O. The topological polar surface area (TPSA) is 113 Å². The number of nitrogens with one attached hydrogen (secondary N) is 1. The number of carbonyl (C=O) groups is 4. The van der Waals surface area contributed by atoms with E-state index in [1.807, 2.05) is 30.3 Å². The number of hydrogen-bond acceptors (Lipinski definition) is 5. The second-order valence-corrected chi connectivity index (χ2v) is 6.54. The number of rotatable bonds is 4. The maximum Gasteiger partial charge on any atom is 0.318 e. The average molecular weight is 358 g/mol. The Hall–Kier alpha value is -2.74. The predicted octanol–water partition coefficient (Wildman–Crippen LogP) is -0.968. The molecule has 2 saturated heterocycles. The van der Waals surface area contributed by atoms with Crippen molar-refractivity contribution in [1.29, 1.82) is 0 Å². The number of nitrogens with zero attached hydrogens (tertiary/aromatic N) is 2. The summed E-state index contributed by atoms with van der Waals surface area (Å²) in [4.78, 5) is 51.3. The van der Waals surface area contributed by atoms with E-state index in [0.717, 1.165) is 10.5 Å². The lowest BCUT2D eigenvalue weighted by Gasteiger charge is -2.32. The molecule has 2 aliphatic rings. The van der Waals surface area contributed by atoms with Crippen LogP contribution in [0.25, 0.3) is 0 Å². The van der Waals surface area contributed by atoms with Gasteiger partial charge in [-0.05, 0) is 24.8 Å². The van der Waals surface area contributed by atoms with Crippen molar-refractivity contribution in [3.8, 4) is 0 Å². The van der Waals surface area contributed by atoms with Gasteiger partial charge in [0.15, 0.2) is 0 Å². The van der Waals surface area contributed by atoms with Gasteiger partial charge in [0.1, 0.15) is 6.04 Å². The fourth-order valence-corrected chi connectivity index (χ4v) is 3.43. The summed E-state index contributed by atoms with van der Waals surface area (Å²) in [6, 6.07) is 7.93. The molecule has 2 atom stereocenters. The molecule has 26 heavy (non-hydrogen) atoms. The van der Waals surface area contributed by atoms with Crippen LogP contribution in [0.4, 0.5) is 0 Å². The first-order chi connectivity index (χ1) is 12.5. The number of benzene rings is 1. The van der Waals surface area contributed by atoms with Gasteiger partial charge in [-0.25, -0.2) is 0 Å². The molecule has 8 nitrogen and oxygen atoms in total. The van der Waals surface area contributed by atoms with Crippen molar-refractivity contribution >= 4 is 23.6 Å². The van der Waals surface area contributed by atoms with Crippen molar-refractivity contribution in [3.63, 3.8) is 0 Å². The van der Waals surface area contributed by atoms with Gasteiger partial charge in [0, 0.05) is 19.6 Å². The molecular formula is C18H22N4O4. The minimum Gasteiger partial charge on any atom is -0.346 e. The van der Waals surface area contributed by atoms with Crippen LogP contribution in [0.15, 0.2) is 30.3 Å². The third-order valence-electron chi connectivity index (χ3n) is 4.76. The molecule has 1 aromatic carbocycles. The van der Waals surface area contributed by atoms with E-state index in [4.69, 9.17) is 5.73 Å². The zero-order valence-electron chi connectivity index (χ0n) is 14.4. The number of likely N-dealkylation sites (tertiary alicyclic amines) is 1. The van der Waals surface area contributed by atoms with Crippen LogP contribution in [0.3, 0.4) is 0 Å². The normalized spacial score (nSPS) is 21.5. The lowest BCUT2D eigenvalue weighted by Crippen LogP contribution is -2.59. The number of hydrogen-bond donors (Lipinski definition) is 2. The van der Waals surface area contributed by atoms with Gasteiger partial charge in [0.25, 0.3) is 5.91 Å². The Balaban J connectivity index is 1.69. The minimum absolute atomic E-state index is 0.123. The highest BCUT2D eigenvalue weighted by Gasteiger charge is 2.41. The van der Waals surface area contributed by atoms with Gasteiger partial charge < -0.3 is 16.0 Å². The number of amides is 4. The lowest BCUT2D eigenvalue weighted by molar-refractivity contribution is -0.158. The summed E-state index contributed by atoms with van der Waals surface area (Å²) in [6.07, 6.45) is 1.50. The first-order valence-electron chi connectivity index (χ1n) is 8.72. The summed E-state index contributed by atoms with van der Waals surface area (Å²) in [5, 5.41) is 2.40. The van der Waals surface area contributed by atoms with Crippen molar-refractivity contribution in [3.05, 3.63) is 35.9 Å². The molecule has 2 fully saturated rings. The van der Waals surface area contributed by atoms with E-state index in [0.29, 0.717) is 25.8 Å². The van der Waals surface area contributed by atoms with Crippen LogP contribution in [0.1, 0.15) is 18.4 Å². The average Bonchev–Trinajstić information content (AvgIpc) is 3.13. The molecule has 0 aliphatic carbocycles. The van der Waals surface area contributed by atoms with Gasteiger partial charge in [-0.2, -0.15) is 0 Å². The quantitative estimate of drug-likeness (QED) is 0.531. The first-order valence-corrected chi connectivity index (χ1v) is 8.72. The fraction of sp³-hybridized carbons (Fsp3) is 0.444. The summed E-state index contributed by atoms with van der Waals surface area (Å²) in [5.41, 5.74) is 7.01. The van der Waals surface area contributed by atoms with E-state index < -0.39 is 29.8 Å². The largest absolute Gasteiger partial charge is 0.346 e. The van der Waals surface area contributed by atoms with Gasteiger partial charge in [-0.15, -0.1) is 0 Å². The van der Waals surface area contributed by atoms with Crippen molar-refractivity contribution in [2.24, 2.45) is 5.73 Å². The Bertz CT molecular complexity index is 721. The third-order valence-corrected chi connectivity index (χ3v) is 4.76. The molecule has 0 saturated carbocycles. The van der Waals surface area contributed by atoms with E-state index in [9.17, 15) is 19.2 Å². The van der Waals surface area contributed by atoms with Crippen LogP contribution >= 0.6 is 0 Å². The lowest BCUT2D eigenvalue weighted by atomic mass is 10.0. The Labute approximate surface area is 151 Å². The predicted molar refractivity (Wildman–Crippen MR) is 92.6 cm³/mol. The highest BCUT2D eigenvalue weighted by Crippen LogP contribution is 2.21. The van der Waals surface area contributed by atoms with Crippen LogP contribution in [0.2, 0.25) is 0 Å². The maximum absolute atomic E-state index is 12.8. The molecule has 2 heterocycles. The molecule has 3 rings (SSSR count). The fourth-order valence-electron chi connectivity index (χ4n) is 3.43. The molecule has 138 valence electrons. The van der Waals surface area contributed by atoms with E-state index in [2.05, 4.69) is 5.32 Å². The van der Waals surface area contributed by atoms with Crippen molar-refractivity contribution in [1.82, 2.24) is 15.1 Å². The number of carbonyl (C=O) groups excluding carboxylic acids is 4. The molecule has 2 unspecified atom stereocenters. The summed E-state index contributed by atoms with van der Waals surface area (Å²) < 4.78 is 0. The minimum atomic E-state index is -0.867. The van der Waals surface area contributed by atoms with Gasteiger partial charge in [-0.3, -0.25) is 24.1 Å². The van der Waals surface area contributed by atoms with E-state index in [1.165, 1.54) is 4.90 Å². The summed E-state index contributed by atoms with van der Waals surface area (Å²) in [7, 11) is 0. The molecule has 0 aromatic heterocycles. The van der Waals surface area contributed by atoms with E-state index in [1.54, 1.807) is 0 Å². The van der Waals surface area contributed by atoms with Crippen molar-refractivity contribution in [2.45, 2.75) is 31.3 Å². The molecule has 8 heteroatoms. The van der Waals surface area contributed by atoms with Gasteiger partial charge in [0.2, 0.25) is 5.91 Å². The molecule has 0 spiro atoms. The third kappa shape index (κ3) is 3.60. The summed E-state index contributed by atoms with van der Waals surface area (Å²) >= 11 is 0. The Morgan fingerprint density at radius 3 is 2.65 bits per heavy atom. The van der Waals surface area contributed by atoms with E-state index in [-0.39, 0.29) is 19.0 Å².